The number of nitriles is 1. The molecule has 5 atom stereocenters. The van der Waals surface area contributed by atoms with Gasteiger partial charge < -0.3 is 0 Å². The van der Waals surface area contributed by atoms with Crippen LogP contribution in [-0.4, -0.2) is 5.78 Å². The van der Waals surface area contributed by atoms with Crippen molar-refractivity contribution in [2.45, 2.75) is 78.1 Å². The highest BCUT2D eigenvalue weighted by molar-refractivity contribution is 5.91. The maximum absolute atomic E-state index is 11.9. The fraction of sp³-hybridized carbons (Fsp3) is 0.818. The first-order valence-corrected chi connectivity index (χ1v) is 10.1. The molecule has 0 saturated heterocycles. The van der Waals surface area contributed by atoms with Gasteiger partial charge in [-0.05, 0) is 92.4 Å². The molecule has 0 aliphatic heterocycles. The third-order valence-corrected chi connectivity index (χ3v) is 8.32. The lowest BCUT2D eigenvalue weighted by Crippen LogP contribution is -2.41. The number of rotatable bonds is 3. The first-order valence-electron chi connectivity index (χ1n) is 10.1. The van der Waals surface area contributed by atoms with Crippen LogP contribution in [-0.2, 0) is 4.79 Å². The molecule has 0 aromatic rings. The second-order valence-electron chi connectivity index (χ2n) is 9.53. The van der Waals surface area contributed by atoms with Gasteiger partial charge in [0.05, 0.1) is 12.0 Å². The highest BCUT2D eigenvalue weighted by Gasteiger charge is 2.56. The van der Waals surface area contributed by atoms with Gasteiger partial charge in [-0.2, -0.15) is 5.26 Å². The van der Waals surface area contributed by atoms with Gasteiger partial charge in [-0.15, -0.1) is 0 Å². The molecule has 24 heavy (non-hydrogen) atoms. The molecule has 0 bridgehead atoms. The van der Waals surface area contributed by atoms with E-state index in [1.807, 2.05) is 6.08 Å². The second-order valence-corrected chi connectivity index (χ2v) is 9.53. The summed E-state index contributed by atoms with van der Waals surface area (Å²) in [5.74, 6) is 2.88. The lowest BCUT2D eigenvalue weighted by atomic mass is 9.56. The fourth-order valence-electron chi connectivity index (χ4n) is 6.50. The Morgan fingerprint density at radius 2 is 2.00 bits per heavy atom. The number of fused-ring (bicyclic) bond motifs is 1. The molecule has 0 aromatic carbocycles. The first kappa shape index (κ1) is 16.4. The minimum atomic E-state index is 0.249. The summed E-state index contributed by atoms with van der Waals surface area (Å²) >= 11 is 0. The molecular weight excluding hydrogens is 294 g/mol. The topological polar surface area (TPSA) is 40.9 Å². The van der Waals surface area contributed by atoms with Crippen LogP contribution in [0, 0.1) is 45.8 Å². The summed E-state index contributed by atoms with van der Waals surface area (Å²) in [6.45, 7) is 4.85. The molecule has 0 unspecified atom stereocenters. The summed E-state index contributed by atoms with van der Waals surface area (Å²) in [6, 6.07) is 2.63. The van der Waals surface area contributed by atoms with E-state index < -0.39 is 0 Å². The van der Waals surface area contributed by atoms with Gasteiger partial charge in [0.1, 0.15) is 0 Å². The summed E-state index contributed by atoms with van der Waals surface area (Å²) in [4.78, 5) is 11.9. The SMILES string of the molecule is C[C@H]1CC[C@]2(C)[C@@H](C#N)CC[C@H]2[C@@H]1CC1(C2=CC(=O)CCC2)CC1. The van der Waals surface area contributed by atoms with E-state index in [9.17, 15) is 10.1 Å². The number of ketones is 1. The molecule has 2 nitrogen and oxygen atoms in total. The molecule has 4 rings (SSSR count). The Labute approximate surface area is 146 Å². The number of hydrogen-bond donors (Lipinski definition) is 0. The fourth-order valence-corrected chi connectivity index (χ4v) is 6.50. The van der Waals surface area contributed by atoms with E-state index in [1.165, 1.54) is 44.1 Å². The van der Waals surface area contributed by atoms with Crippen molar-refractivity contribution < 1.29 is 4.79 Å². The average Bonchev–Trinajstić information content (AvgIpc) is 3.27. The Bertz CT molecular complexity index is 608. The predicted octanol–water partition coefficient (Wildman–Crippen LogP) is 5.44. The molecule has 0 heterocycles. The largest absolute Gasteiger partial charge is 0.295 e. The third kappa shape index (κ3) is 2.47. The van der Waals surface area contributed by atoms with Gasteiger partial charge in [-0.25, -0.2) is 0 Å². The highest BCUT2D eigenvalue weighted by Crippen LogP contribution is 2.65. The summed E-state index contributed by atoms with van der Waals surface area (Å²) in [5, 5.41) is 9.60. The zero-order valence-corrected chi connectivity index (χ0v) is 15.3. The van der Waals surface area contributed by atoms with E-state index in [4.69, 9.17) is 0 Å². The van der Waals surface area contributed by atoms with Crippen molar-refractivity contribution in [3.8, 4) is 6.07 Å². The van der Waals surface area contributed by atoms with E-state index >= 15 is 0 Å². The normalized spacial score (nSPS) is 43.7. The number of carbonyl (C=O) groups excluding carboxylic acids is 1. The quantitative estimate of drug-likeness (QED) is 0.693. The van der Waals surface area contributed by atoms with Crippen LogP contribution in [0.1, 0.15) is 78.1 Å². The van der Waals surface area contributed by atoms with Crippen LogP contribution < -0.4 is 0 Å². The lowest BCUT2D eigenvalue weighted by molar-refractivity contribution is -0.115. The van der Waals surface area contributed by atoms with Crippen LogP contribution in [0.4, 0.5) is 0 Å². The van der Waals surface area contributed by atoms with Gasteiger partial charge in [0.15, 0.2) is 5.78 Å². The van der Waals surface area contributed by atoms with Crippen LogP contribution in [0.15, 0.2) is 11.6 Å². The third-order valence-electron chi connectivity index (χ3n) is 8.32. The van der Waals surface area contributed by atoms with Crippen molar-refractivity contribution in [3.63, 3.8) is 0 Å². The van der Waals surface area contributed by atoms with Gasteiger partial charge in [-0.1, -0.05) is 19.4 Å². The van der Waals surface area contributed by atoms with E-state index in [1.54, 1.807) is 0 Å². The number of hydrogen-bond acceptors (Lipinski definition) is 2. The Hall–Kier alpha value is -1.10. The van der Waals surface area contributed by atoms with Gasteiger partial charge in [0, 0.05) is 6.42 Å². The molecular formula is C22H31NO. The van der Waals surface area contributed by atoms with Crippen LogP contribution in [0.3, 0.4) is 0 Å². The molecule has 0 N–H and O–H groups in total. The monoisotopic (exact) mass is 325 g/mol. The summed E-state index contributed by atoms with van der Waals surface area (Å²) in [7, 11) is 0. The minimum Gasteiger partial charge on any atom is -0.295 e. The predicted molar refractivity (Wildman–Crippen MR) is 95.0 cm³/mol. The maximum Gasteiger partial charge on any atom is 0.155 e. The van der Waals surface area contributed by atoms with Crippen molar-refractivity contribution in [2.75, 3.05) is 0 Å². The second kappa shape index (κ2) is 5.72. The van der Waals surface area contributed by atoms with Crippen molar-refractivity contribution in [2.24, 2.45) is 34.5 Å². The summed E-state index contributed by atoms with van der Waals surface area (Å²) in [5.41, 5.74) is 2.09. The lowest BCUT2D eigenvalue weighted by Gasteiger charge is -2.48. The molecule has 3 fully saturated rings. The Kier molecular flexibility index (Phi) is 3.90. The standard InChI is InChI=1S/C22H31NO/c1-15-8-9-21(2)17(14-23)6-7-20(21)19(15)13-22(10-11-22)16-4-3-5-18(24)12-16/h12,15,17,19-20H,3-11,13H2,1-2H3/t15-,17+,19+,20-,21+/m0/s1. The van der Waals surface area contributed by atoms with Crippen molar-refractivity contribution >= 4 is 5.78 Å². The zero-order valence-electron chi connectivity index (χ0n) is 15.3. The van der Waals surface area contributed by atoms with Crippen molar-refractivity contribution in [1.29, 1.82) is 5.26 Å². The van der Waals surface area contributed by atoms with Crippen molar-refractivity contribution in [3.05, 3.63) is 11.6 Å². The molecule has 0 radical (unpaired) electrons. The van der Waals surface area contributed by atoms with Crippen LogP contribution in [0.2, 0.25) is 0 Å². The Morgan fingerprint density at radius 1 is 1.21 bits per heavy atom. The molecule has 0 spiro atoms. The van der Waals surface area contributed by atoms with E-state index in [0.29, 0.717) is 11.2 Å². The molecule has 4 aliphatic carbocycles. The summed E-state index contributed by atoms with van der Waals surface area (Å²) in [6.07, 6.45) is 13.7. The number of nitrogens with zero attached hydrogens (tertiary/aromatic N) is 1. The van der Waals surface area contributed by atoms with Gasteiger partial charge >= 0.3 is 0 Å². The van der Waals surface area contributed by atoms with Crippen LogP contribution in [0.5, 0.6) is 0 Å². The maximum atomic E-state index is 11.9. The first-order chi connectivity index (χ1) is 11.5. The van der Waals surface area contributed by atoms with Gasteiger partial charge in [0.25, 0.3) is 0 Å². The molecule has 4 aliphatic rings. The van der Waals surface area contributed by atoms with Gasteiger partial charge in [-0.3, -0.25) is 4.79 Å². The van der Waals surface area contributed by atoms with Crippen molar-refractivity contribution in [1.82, 2.24) is 0 Å². The van der Waals surface area contributed by atoms with Crippen LogP contribution in [0.25, 0.3) is 0 Å². The molecule has 0 aromatic heterocycles. The molecule has 3 saturated carbocycles. The highest BCUT2D eigenvalue weighted by atomic mass is 16.1. The molecule has 0 amide bonds. The summed E-state index contributed by atoms with van der Waals surface area (Å²) < 4.78 is 0. The molecule has 2 heteroatoms. The smallest absolute Gasteiger partial charge is 0.155 e. The van der Waals surface area contributed by atoms with E-state index in [2.05, 4.69) is 19.9 Å². The molecule has 130 valence electrons. The average molecular weight is 325 g/mol. The number of carbonyl (C=O) groups is 1. The van der Waals surface area contributed by atoms with E-state index in [-0.39, 0.29) is 11.3 Å². The number of allylic oxidation sites excluding steroid dienone is 2. The van der Waals surface area contributed by atoms with Crippen LogP contribution >= 0.6 is 0 Å². The van der Waals surface area contributed by atoms with Gasteiger partial charge in [0.2, 0.25) is 0 Å². The Morgan fingerprint density at radius 3 is 2.67 bits per heavy atom. The zero-order chi connectivity index (χ0) is 16.9. The Balaban J connectivity index is 1.57. The van der Waals surface area contributed by atoms with E-state index in [0.717, 1.165) is 43.4 Å². The minimum absolute atomic E-state index is 0.249.